The molecular formula is C17H34N2O. The molecule has 2 N–H and O–H groups in total. The Morgan fingerprint density at radius 1 is 1.15 bits per heavy atom. The van der Waals surface area contributed by atoms with E-state index in [1.807, 2.05) is 0 Å². The molecule has 0 aromatic rings. The molecule has 0 amide bonds. The van der Waals surface area contributed by atoms with E-state index < -0.39 is 5.60 Å². The maximum Gasteiger partial charge on any atom is 0.0772 e. The normalized spacial score (nSPS) is 37.8. The zero-order chi connectivity index (χ0) is 15.0. The summed E-state index contributed by atoms with van der Waals surface area (Å²) in [4.78, 5) is 2.45. The van der Waals surface area contributed by atoms with Gasteiger partial charge in [-0.1, -0.05) is 20.8 Å². The zero-order valence-corrected chi connectivity index (χ0v) is 14.1. The summed E-state index contributed by atoms with van der Waals surface area (Å²) < 4.78 is 0. The summed E-state index contributed by atoms with van der Waals surface area (Å²) in [6, 6.07) is 1.20. The summed E-state index contributed by atoms with van der Waals surface area (Å²) in [7, 11) is 2.22. The topological polar surface area (TPSA) is 35.5 Å². The number of hydrogen-bond donors (Lipinski definition) is 2. The molecule has 3 nitrogen and oxygen atoms in total. The van der Waals surface area contributed by atoms with Gasteiger partial charge in [0.15, 0.2) is 0 Å². The van der Waals surface area contributed by atoms with Crippen LogP contribution in [0, 0.1) is 11.3 Å². The first-order valence-electron chi connectivity index (χ1n) is 8.37. The largest absolute Gasteiger partial charge is 0.389 e. The highest BCUT2D eigenvalue weighted by Gasteiger charge is 2.37. The molecule has 1 heterocycles. The van der Waals surface area contributed by atoms with E-state index >= 15 is 0 Å². The van der Waals surface area contributed by atoms with Crippen LogP contribution >= 0.6 is 0 Å². The van der Waals surface area contributed by atoms with Crippen LogP contribution in [0.15, 0.2) is 0 Å². The van der Waals surface area contributed by atoms with E-state index in [0.29, 0.717) is 23.4 Å². The molecule has 3 atom stereocenters. The molecule has 1 aliphatic heterocycles. The molecule has 118 valence electrons. The van der Waals surface area contributed by atoms with Gasteiger partial charge in [-0.2, -0.15) is 0 Å². The smallest absolute Gasteiger partial charge is 0.0772 e. The van der Waals surface area contributed by atoms with E-state index in [9.17, 15) is 5.11 Å². The fraction of sp³-hybridized carbons (Fsp3) is 1.00. The molecule has 1 saturated heterocycles. The highest BCUT2D eigenvalue weighted by molar-refractivity contribution is 4.93. The van der Waals surface area contributed by atoms with Crippen molar-refractivity contribution in [2.24, 2.45) is 11.3 Å². The van der Waals surface area contributed by atoms with Gasteiger partial charge in [-0.25, -0.2) is 0 Å². The predicted octanol–water partition coefficient (Wildman–Crippen LogP) is 2.64. The van der Waals surface area contributed by atoms with Crippen molar-refractivity contribution in [1.29, 1.82) is 0 Å². The molecule has 0 aromatic carbocycles. The van der Waals surface area contributed by atoms with Crippen LogP contribution in [-0.2, 0) is 0 Å². The molecule has 0 aromatic heterocycles. The first-order chi connectivity index (χ1) is 9.21. The van der Waals surface area contributed by atoms with Crippen LogP contribution in [0.1, 0.15) is 59.8 Å². The van der Waals surface area contributed by atoms with Gasteiger partial charge >= 0.3 is 0 Å². The lowest BCUT2D eigenvalue weighted by Gasteiger charge is -2.44. The number of likely N-dealkylation sites (tertiary alicyclic amines) is 1. The summed E-state index contributed by atoms with van der Waals surface area (Å²) in [6.07, 6.45) is 5.38. The molecule has 0 spiro atoms. The summed E-state index contributed by atoms with van der Waals surface area (Å²) in [6.45, 7) is 11.2. The number of nitrogens with one attached hydrogen (secondary N) is 1. The van der Waals surface area contributed by atoms with Crippen molar-refractivity contribution in [3.05, 3.63) is 0 Å². The summed E-state index contributed by atoms with van der Waals surface area (Å²) in [5, 5.41) is 14.4. The monoisotopic (exact) mass is 282 g/mol. The van der Waals surface area contributed by atoms with E-state index in [-0.39, 0.29) is 0 Å². The molecule has 1 saturated carbocycles. The van der Waals surface area contributed by atoms with E-state index in [1.165, 1.54) is 6.42 Å². The van der Waals surface area contributed by atoms with Crippen molar-refractivity contribution in [2.45, 2.75) is 77.5 Å². The maximum absolute atomic E-state index is 10.8. The van der Waals surface area contributed by atoms with Gasteiger partial charge in [0.1, 0.15) is 0 Å². The second kappa shape index (κ2) is 5.94. The average molecular weight is 282 g/mol. The van der Waals surface area contributed by atoms with Crippen LogP contribution in [0.5, 0.6) is 0 Å². The summed E-state index contributed by atoms with van der Waals surface area (Å²) in [5.74, 6) is 0.667. The Labute approximate surface area is 125 Å². The van der Waals surface area contributed by atoms with Gasteiger partial charge in [0, 0.05) is 25.2 Å². The lowest BCUT2D eigenvalue weighted by atomic mass is 9.71. The van der Waals surface area contributed by atoms with Gasteiger partial charge in [0.25, 0.3) is 0 Å². The number of aliphatic hydroxyl groups is 1. The zero-order valence-electron chi connectivity index (χ0n) is 14.1. The van der Waals surface area contributed by atoms with Crippen LogP contribution in [0.25, 0.3) is 0 Å². The summed E-state index contributed by atoms with van der Waals surface area (Å²) >= 11 is 0. The lowest BCUT2D eigenvalue weighted by molar-refractivity contribution is -0.0297. The molecule has 2 rings (SSSR count). The summed E-state index contributed by atoms with van der Waals surface area (Å²) in [5.41, 5.74) is -0.0522. The molecule has 2 aliphatic rings. The fourth-order valence-corrected chi connectivity index (χ4v) is 3.72. The Kier molecular flexibility index (Phi) is 4.83. The van der Waals surface area contributed by atoms with Gasteiger partial charge in [-0.05, 0) is 57.4 Å². The minimum Gasteiger partial charge on any atom is -0.389 e. The Morgan fingerprint density at radius 3 is 2.35 bits per heavy atom. The van der Waals surface area contributed by atoms with Crippen molar-refractivity contribution in [2.75, 3.05) is 20.1 Å². The quantitative estimate of drug-likeness (QED) is 0.835. The number of hydrogen-bond acceptors (Lipinski definition) is 3. The van der Waals surface area contributed by atoms with Gasteiger partial charge < -0.3 is 15.3 Å². The van der Waals surface area contributed by atoms with Crippen molar-refractivity contribution in [3.63, 3.8) is 0 Å². The van der Waals surface area contributed by atoms with Gasteiger partial charge in [0.2, 0.25) is 0 Å². The van der Waals surface area contributed by atoms with Crippen LogP contribution < -0.4 is 5.32 Å². The van der Waals surface area contributed by atoms with Crippen LogP contribution in [0.2, 0.25) is 0 Å². The third-order valence-corrected chi connectivity index (χ3v) is 5.84. The highest BCUT2D eigenvalue weighted by Crippen LogP contribution is 2.40. The minimum absolute atomic E-state index is 0.418. The van der Waals surface area contributed by atoms with Gasteiger partial charge in [-0.3, -0.25) is 0 Å². The van der Waals surface area contributed by atoms with Crippen molar-refractivity contribution < 1.29 is 5.11 Å². The third-order valence-electron chi connectivity index (χ3n) is 5.84. The van der Waals surface area contributed by atoms with E-state index in [0.717, 1.165) is 38.8 Å². The second-order valence-electron chi connectivity index (χ2n) is 8.38. The standard InChI is InChI=1S/C17H34N2O/c1-13-11-19(5)14(2)10-15(13)18-12-17(20)8-6-16(3,4)7-9-17/h13-15,18,20H,6-12H2,1-5H3. The van der Waals surface area contributed by atoms with Crippen molar-refractivity contribution >= 4 is 0 Å². The number of rotatable bonds is 3. The van der Waals surface area contributed by atoms with Crippen molar-refractivity contribution in [1.82, 2.24) is 10.2 Å². The number of piperidine rings is 1. The van der Waals surface area contributed by atoms with E-state index in [2.05, 4.69) is 45.0 Å². The molecule has 3 heteroatoms. The fourth-order valence-electron chi connectivity index (χ4n) is 3.72. The highest BCUT2D eigenvalue weighted by atomic mass is 16.3. The molecular weight excluding hydrogens is 248 g/mol. The molecule has 2 fully saturated rings. The second-order valence-corrected chi connectivity index (χ2v) is 8.38. The van der Waals surface area contributed by atoms with E-state index in [1.54, 1.807) is 0 Å². The molecule has 1 aliphatic carbocycles. The van der Waals surface area contributed by atoms with Crippen LogP contribution in [0.3, 0.4) is 0 Å². The molecule has 0 bridgehead atoms. The van der Waals surface area contributed by atoms with Gasteiger partial charge in [0.05, 0.1) is 5.60 Å². The lowest BCUT2D eigenvalue weighted by Crippen LogP contribution is -2.54. The number of nitrogens with zero attached hydrogens (tertiary/aromatic N) is 1. The Morgan fingerprint density at radius 2 is 1.75 bits per heavy atom. The Bertz CT molecular complexity index is 319. The molecule has 0 radical (unpaired) electrons. The van der Waals surface area contributed by atoms with Crippen LogP contribution in [0.4, 0.5) is 0 Å². The molecule has 20 heavy (non-hydrogen) atoms. The SMILES string of the molecule is CC1CN(C)C(C)CC1NCC1(O)CCC(C)(C)CC1. The third kappa shape index (κ3) is 3.96. The maximum atomic E-state index is 10.8. The van der Waals surface area contributed by atoms with E-state index in [4.69, 9.17) is 0 Å². The molecule has 3 unspecified atom stereocenters. The van der Waals surface area contributed by atoms with Crippen LogP contribution in [-0.4, -0.2) is 47.8 Å². The minimum atomic E-state index is -0.470. The predicted molar refractivity (Wildman–Crippen MR) is 84.9 cm³/mol. The Hall–Kier alpha value is -0.120. The Balaban J connectivity index is 1.83. The first kappa shape index (κ1) is 16.3. The van der Waals surface area contributed by atoms with Crippen molar-refractivity contribution in [3.8, 4) is 0 Å². The average Bonchev–Trinajstić information content (AvgIpc) is 2.37. The first-order valence-corrected chi connectivity index (χ1v) is 8.37. The van der Waals surface area contributed by atoms with Gasteiger partial charge in [-0.15, -0.1) is 0 Å².